The number of thiophene rings is 1. The van der Waals surface area contributed by atoms with Crippen molar-refractivity contribution in [2.75, 3.05) is 12.8 Å². The van der Waals surface area contributed by atoms with Gasteiger partial charge < -0.3 is 4.90 Å². The standard InChI is InChI=1S/C15H24N2OS2/c1-6-15(4)13(18)17(10-14(2,3)19-5)12(16-15)11-8-7-9-20-11/h7-9,12,16H,6,10H2,1-5H3. The van der Waals surface area contributed by atoms with Crippen LogP contribution in [0.2, 0.25) is 0 Å². The molecule has 0 radical (unpaired) electrons. The summed E-state index contributed by atoms with van der Waals surface area (Å²) in [4.78, 5) is 16.1. The summed E-state index contributed by atoms with van der Waals surface area (Å²) >= 11 is 3.51. The monoisotopic (exact) mass is 312 g/mol. The van der Waals surface area contributed by atoms with Crippen LogP contribution in [0.25, 0.3) is 0 Å². The van der Waals surface area contributed by atoms with Gasteiger partial charge in [-0.3, -0.25) is 10.1 Å². The van der Waals surface area contributed by atoms with E-state index in [4.69, 9.17) is 0 Å². The number of nitrogens with zero attached hydrogens (tertiary/aromatic N) is 1. The first-order valence-electron chi connectivity index (χ1n) is 7.00. The van der Waals surface area contributed by atoms with Crippen LogP contribution in [-0.4, -0.2) is 33.9 Å². The summed E-state index contributed by atoms with van der Waals surface area (Å²) in [5, 5.41) is 5.61. The third kappa shape index (κ3) is 2.90. The number of hydrogen-bond donors (Lipinski definition) is 1. The molecule has 1 fully saturated rings. The van der Waals surface area contributed by atoms with Crippen LogP contribution >= 0.6 is 23.1 Å². The largest absolute Gasteiger partial charge is 0.319 e. The van der Waals surface area contributed by atoms with Gasteiger partial charge in [0.05, 0.1) is 5.54 Å². The van der Waals surface area contributed by atoms with E-state index >= 15 is 0 Å². The maximum absolute atomic E-state index is 12.8. The van der Waals surface area contributed by atoms with Gasteiger partial charge >= 0.3 is 0 Å². The van der Waals surface area contributed by atoms with E-state index in [1.807, 2.05) is 17.9 Å². The van der Waals surface area contributed by atoms with Crippen LogP contribution in [0.1, 0.15) is 45.2 Å². The first kappa shape index (κ1) is 15.9. The predicted molar refractivity (Wildman–Crippen MR) is 88.2 cm³/mol. The topological polar surface area (TPSA) is 32.3 Å². The minimum Gasteiger partial charge on any atom is -0.319 e. The molecule has 1 saturated heterocycles. The van der Waals surface area contributed by atoms with Crippen molar-refractivity contribution >= 4 is 29.0 Å². The van der Waals surface area contributed by atoms with Crippen molar-refractivity contribution in [1.29, 1.82) is 0 Å². The van der Waals surface area contributed by atoms with Gasteiger partial charge in [-0.05, 0) is 44.9 Å². The third-order valence-electron chi connectivity index (χ3n) is 4.12. The summed E-state index contributed by atoms with van der Waals surface area (Å²) in [5.74, 6) is 0.223. The molecule has 1 N–H and O–H groups in total. The molecule has 0 spiro atoms. The van der Waals surface area contributed by atoms with E-state index in [0.717, 1.165) is 13.0 Å². The normalized spacial score (nSPS) is 27.4. The second-order valence-electron chi connectivity index (χ2n) is 6.14. The van der Waals surface area contributed by atoms with E-state index in [0.29, 0.717) is 0 Å². The molecule has 1 aliphatic heterocycles. The van der Waals surface area contributed by atoms with Gasteiger partial charge in [-0.2, -0.15) is 11.8 Å². The Bertz CT molecular complexity index is 472. The molecule has 2 heterocycles. The van der Waals surface area contributed by atoms with Crippen LogP contribution in [0.15, 0.2) is 17.5 Å². The van der Waals surface area contributed by atoms with E-state index < -0.39 is 5.54 Å². The predicted octanol–water partition coefficient (Wildman–Crippen LogP) is 3.49. The Morgan fingerprint density at radius 3 is 2.75 bits per heavy atom. The molecule has 112 valence electrons. The van der Waals surface area contributed by atoms with Crippen molar-refractivity contribution in [3.05, 3.63) is 22.4 Å². The van der Waals surface area contributed by atoms with Gasteiger partial charge in [0.15, 0.2) is 0 Å². The van der Waals surface area contributed by atoms with Gasteiger partial charge in [-0.15, -0.1) is 11.3 Å². The van der Waals surface area contributed by atoms with Crippen LogP contribution in [0, 0.1) is 0 Å². The Labute approximate surface area is 130 Å². The zero-order chi connectivity index (χ0) is 15.0. The molecule has 2 atom stereocenters. The molecular weight excluding hydrogens is 288 g/mol. The average Bonchev–Trinajstić information content (AvgIpc) is 3.02. The molecule has 1 amide bonds. The SMILES string of the molecule is CCC1(C)NC(c2cccs2)N(CC(C)(C)SC)C1=O. The van der Waals surface area contributed by atoms with Gasteiger partial charge in [0, 0.05) is 16.2 Å². The summed E-state index contributed by atoms with van der Waals surface area (Å²) < 4.78 is 0.0614. The summed E-state index contributed by atoms with van der Waals surface area (Å²) in [6, 6.07) is 4.15. The summed E-state index contributed by atoms with van der Waals surface area (Å²) in [5.41, 5.74) is -0.441. The highest BCUT2D eigenvalue weighted by atomic mass is 32.2. The smallest absolute Gasteiger partial charge is 0.244 e. The maximum Gasteiger partial charge on any atom is 0.244 e. The van der Waals surface area contributed by atoms with Crippen LogP contribution in [-0.2, 0) is 4.79 Å². The second kappa shape index (κ2) is 5.70. The van der Waals surface area contributed by atoms with Crippen molar-refractivity contribution in [2.45, 2.75) is 50.6 Å². The molecule has 0 aliphatic carbocycles. The molecule has 3 nitrogen and oxygen atoms in total. The zero-order valence-corrected chi connectivity index (χ0v) is 14.5. The van der Waals surface area contributed by atoms with Gasteiger partial charge in [-0.25, -0.2) is 0 Å². The van der Waals surface area contributed by atoms with Crippen LogP contribution in [0.5, 0.6) is 0 Å². The molecule has 2 rings (SSSR count). The molecule has 1 aliphatic rings. The molecule has 1 aromatic heterocycles. The molecule has 0 bridgehead atoms. The van der Waals surface area contributed by atoms with Gasteiger partial charge in [-0.1, -0.05) is 13.0 Å². The van der Waals surface area contributed by atoms with Crippen molar-refractivity contribution in [3.8, 4) is 0 Å². The van der Waals surface area contributed by atoms with E-state index in [2.05, 4.69) is 43.8 Å². The fraction of sp³-hybridized carbons (Fsp3) is 0.667. The number of hydrogen-bond acceptors (Lipinski definition) is 4. The maximum atomic E-state index is 12.8. The fourth-order valence-electron chi connectivity index (χ4n) is 2.44. The Morgan fingerprint density at radius 2 is 2.25 bits per heavy atom. The Kier molecular flexibility index (Phi) is 4.52. The van der Waals surface area contributed by atoms with Gasteiger partial charge in [0.25, 0.3) is 0 Å². The van der Waals surface area contributed by atoms with E-state index in [-0.39, 0.29) is 16.8 Å². The van der Waals surface area contributed by atoms with Crippen molar-refractivity contribution in [1.82, 2.24) is 10.2 Å². The highest BCUT2D eigenvalue weighted by molar-refractivity contribution is 7.99. The number of nitrogens with one attached hydrogen (secondary N) is 1. The average molecular weight is 313 g/mol. The molecule has 2 unspecified atom stereocenters. The summed E-state index contributed by atoms with van der Waals surface area (Å²) in [6.45, 7) is 9.23. The number of carbonyl (C=O) groups is 1. The van der Waals surface area contributed by atoms with E-state index in [1.54, 1.807) is 23.1 Å². The number of amides is 1. The van der Waals surface area contributed by atoms with E-state index in [1.165, 1.54) is 4.88 Å². The van der Waals surface area contributed by atoms with Gasteiger partial charge in [0.1, 0.15) is 6.17 Å². The zero-order valence-electron chi connectivity index (χ0n) is 12.9. The molecule has 0 saturated carbocycles. The van der Waals surface area contributed by atoms with Crippen LogP contribution in [0.3, 0.4) is 0 Å². The minimum atomic E-state index is -0.441. The fourth-order valence-corrected chi connectivity index (χ4v) is 3.49. The first-order valence-corrected chi connectivity index (χ1v) is 9.11. The molecule has 1 aromatic rings. The number of rotatable bonds is 5. The Morgan fingerprint density at radius 1 is 1.55 bits per heavy atom. The summed E-state index contributed by atoms with van der Waals surface area (Å²) in [6.07, 6.45) is 2.93. The second-order valence-corrected chi connectivity index (χ2v) is 8.64. The Hall–Kier alpha value is -0.520. The third-order valence-corrected chi connectivity index (χ3v) is 6.28. The van der Waals surface area contributed by atoms with Crippen molar-refractivity contribution < 1.29 is 4.79 Å². The number of thioether (sulfide) groups is 1. The van der Waals surface area contributed by atoms with Crippen molar-refractivity contribution in [3.63, 3.8) is 0 Å². The molecule has 20 heavy (non-hydrogen) atoms. The lowest BCUT2D eigenvalue weighted by molar-refractivity contribution is -0.133. The van der Waals surface area contributed by atoms with Gasteiger partial charge in [0.2, 0.25) is 5.91 Å². The quantitative estimate of drug-likeness (QED) is 0.903. The van der Waals surface area contributed by atoms with Crippen LogP contribution in [0.4, 0.5) is 0 Å². The van der Waals surface area contributed by atoms with Crippen LogP contribution < -0.4 is 5.32 Å². The highest BCUT2D eigenvalue weighted by Gasteiger charge is 2.48. The number of carbonyl (C=O) groups excluding carboxylic acids is 1. The van der Waals surface area contributed by atoms with Crippen molar-refractivity contribution in [2.24, 2.45) is 0 Å². The Balaban J connectivity index is 2.31. The lowest BCUT2D eigenvalue weighted by Gasteiger charge is -2.32. The molecule has 0 aromatic carbocycles. The minimum absolute atomic E-state index is 0.0128. The molecule has 5 heteroatoms. The highest BCUT2D eigenvalue weighted by Crippen LogP contribution is 2.37. The molecular formula is C15H24N2OS2. The lowest BCUT2D eigenvalue weighted by atomic mass is 9.99. The summed E-state index contributed by atoms with van der Waals surface area (Å²) in [7, 11) is 0. The first-order chi connectivity index (χ1) is 9.33. The lowest BCUT2D eigenvalue weighted by Crippen LogP contribution is -2.44. The van der Waals surface area contributed by atoms with E-state index in [9.17, 15) is 4.79 Å².